The highest BCUT2D eigenvalue weighted by Gasteiger charge is 2.12. The molecule has 0 amide bonds. The number of rotatable bonds is 5. The highest BCUT2D eigenvalue weighted by molar-refractivity contribution is 5.83. The molecule has 2 rings (SSSR count). The fourth-order valence-electron chi connectivity index (χ4n) is 2.28. The van der Waals surface area contributed by atoms with Gasteiger partial charge in [-0.05, 0) is 41.0 Å². The lowest BCUT2D eigenvalue weighted by Gasteiger charge is -2.13. The van der Waals surface area contributed by atoms with Crippen LogP contribution >= 0.6 is 0 Å². The summed E-state index contributed by atoms with van der Waals surface area (Å²) in [4.78, 5) is 0. The van der Waals surface area contributed by atoms with E-state index >= 15 is 0 Å². The Bertz CT molecular complexity index is 776. The number of hydrogen-bond donors (Lipinski definition) is 1. The average Bonchev–Trinajstić information content (AvgIpc) is 2.59. The molecule has 118 valence electrons. The molecule has 2 aromatic carbocycles. The molecule has 23 heavy (non-hydrogen) atoms. The molecule has 5 nitrogen and oxygen atoms in total. The molecule has 0 radical (unpaired) electrons. The van der Waals surface area contributed by atoms with E-state index in [-0.39, 0.29) is 0 Å². The lowest BCUT2D eigenvalue weighted by atomic mass is 9.96. The molecule has 5 heteroatoms. The number of hydrogen-bond acceptors (Lipinski definition) is 5. The van der Waals surface area contributed by atoms with Crippen molar-refractivity contribution in [3.63, 3.8) is 0 Å². The lowest BCUT2D eigenvalue weighted by molar-refractivity contribution is 0.355. The number of methoxy groups -OCH3 is 3. The van der Waals surface area contributed by atoms with Crippen LogP contribution < -0.4 is 19.9 Å². The highest BCUT2D eigenvalue weighted by atomic mass is 16.5. The van der Waals surface area contributed by atoms with Gasteiger partial charge in [-0.1, -0.05) is 12.1 Å². The van der Waals surface area contributed by atoms with Gasteiger partial charge in [0.25, 0.3) is 0 Å². The van der Waals surface area contributed by atoms with Gasteiger partial charge in [0.1, 0.15) is 5.75 Å². The lowest BCUT2D eigenvalue weighted by Crippen LogP contribution is -1.96. The van der Waals surface area contributed by atoms with Gasteiger partial charge in [-0.15, -0.1) is 0 Å². The van der Waals surface area contributed by atoms with Crippen molar-refractivity contribution >= 4 is 11.3 Å². The van der Waals surface area contributed by atoms with Crippen molar-refractivity contribution in [3.8, 4) is 23.3 Å². The Kier molecular flexibility index (Phi) is 5.11. The van der Waals surface area contributed by atoms with Crippen LogP contribution in [0, 0.1) is 11.3 Å². The zero-order valence-corrected chi connectivity index (χ0v) is 13.3. The third-order valence-electron chi connectivity index (χ3n) is 3.45. The standard InChI is InChI=1S/C18H18N2O3/c1-21-16-7-5-13(11-18(16)23-3)14(8-9-19)12-4-6-15(20)17(10-12)22-2/h4-8,10-11H,20H2,1-3H3/b14-8-. The summed E-state index contributed by atoms with van der Waals surface area (Å²) < 4.78 is 15.8. The molecule has 0 unspecified atom stereocenters. The molecule has 0 bridgehead atoms. The first-order valence-electron chi connectivity index (χ1n) is 6.90. The van der Waals surface area contributed by atoms with Crippen molar-refractivity contribution < 1.29 is 14.2 Å². The Balaban J connectivity index is 2.56. The number of allylic oxidation sites excluding steroid dienone is 1. The first-order valence-corrected chi connectivity index (χ1v) is 6.90. The zero-order valence-electron chi connectivity index (χ0n) is 13.3. The smallest absolute Gasteiger partial charge is 0.161 e. The van der Waals surface area contributed by atoms with Crippen molar-refractivity contribution in [1.29, 1.82) is 5.26 Å². The second-order valence-electron chi connectivity index (χ2n) is 4.71. The van der Waals surface area contributed by atoms with Crippen LogP contribution in [0.5, 0.6) is 17.2 Å². The molecule has 0 spiro atoms. The summed E-state index contributed by atoms with van der Waals surface area (Å²) in [7, 11) is 4.70. The molecule has 2 aromatic rings. The van der Waals surface area contributed by atoms with Crippen LogP contribution in [0.25, 0.3) is 5.57 Å². The molecule has 0 aliphatic carbocycles. The van der Waals surface area contributed by atoms with Crippen LogP contribution in [0.15, 0.2) is 42.5 Å². The molecule has 0 atom stereocenters. The highest BCUT2D eigenvalue weighted by Crippen LogP contribution is 2.34. The summed E-state index contributed by atoms with van der Waals surface area (Å²) in [5.41, 5.74) is 8.79. The van der Waals surface area contributed by atoms with Crippen molar-refractivity contribution in [3.05, 3.63) is 53.6 Å². The third-order valence-corrected chi connectivity index (χ3v) is 3.45. The van der Waals surface area contributed by atoms with Gasteiger partial charge in [-0.25, -0.2) is 0 Å². The predicted molar refractivity (Wildman–Crippen MR) is 89.6 cm³/mol. The summed E-state index contributed by atoms with van der Waals surface area (Å²) in [6.45, 7) is 0. The first kappa shape index (κ1) is 16.2. The minimum atomic E-state index is 0.542. The second kappa shape index (κ2) is 7.23. The summed E-state index contributed by atoms with van der Waals surface area (Å²) in [5.74, 6) is 1.78. The minimum absolute atomic E-state index is 0.542. The number of nitrogen functional groups attached to an aromatic ring is 1. The van der Waals surface area contributed by atoms with Crippen molar-refractivity contribution in [2.45, 2.75) is 0 Å². The first-order chi connectivity index (χ1) is 11.1. The molecule has 2 N–H and O–H groups in total. The van der Waals surface area contributed by atoms with Crippen LogP contribution in [0.1, 0.15) is 11.1 Å². The molecule has 0 heterocycles. The number of nitriles is 1. The van der Waals surface area contributed by atoms with Crippen molar-refractivity contribution in [1.82, 2.24) is 0 Å². The number of ether oxygens (including phenoxy) is 3. The molecule has 0 aliphatic rings. The Morgan fingerprint density at radius 2 is 1.48 bits per heavy atom. The number of anilines is 1. The van der Waals surface area contributed by atoms with E-state index in [1.54, 1.807) is 39.5 Å². The van der Waals surface area contributed by atoms with Crippen molar-refractivity contribution in [2.24, 2.45) is 0 Å². The maximum absolute atomic E-state index is 9.13. The van der Waals surface area contributed by atoms with E-state index in [2.05, 4.69) is 6.07 Å². The summed E-state index contributed by atoms with van der Waals surface area (Å²) >= 11 is 0. The molecule has 0 saturated carbocycles. The molecular weight excluding hydrogens is 292 g/mol. The fraction of sp³-hybridized carbons (Fsp3) is 0.167. The van der Waals surface area contributed by atoms with Gasteiger partial charge in [0, 0.05) is 6.08 Å². The Labute approximate surface area is 135 Å². The van der Waals surface area contributed by atoms with Crippen LogP contribution in [0.2, 0.25) is 0 Å². The topological polar surface area (TPSA) is 77.5 Å². The largest absolute Gasteiger partial charge is 0.495 e. The maximum atomic E-state index is 9.13. The zero-order chi connectivity index (χ0) is 16.8. The molecule has 0 aromatic heterocycles. The van der Waals surface area contributed by atoms with Crippen LogP contribution in [0.3, 0.4) is 0 Å². The third kappa shape index (κ3) is 3.38. The Morgan fingerprint density at radius 1 is 0.913 bits per heavy atom. The van der Waals surface area contributed by atoms with E-state index in [9.17, 15) is 0 Å². The average molecular weight is 310 g/mol. The second-order valence-corrected chi connectivity index (χ2v) is 4.71. The molecular formula is C18H18N2O3. The summed E-state index contributed by atoms with van der Waals surface area (Å²) in [5, 5.41) is 9.13. The molecule has 0 saturated heterocycles. The van der Waals surface area contributed by atoms with Gasteiger partial charge in [0.2, 0.25) is 0 Å². The van der Waals surface area contributed by atoms with Gasteiger partial charge in [-0.3, -0.25) is 0 Å². The summed E-state index contributed by atoms with van der Waals surface area (Å²) in [6.07, 6.45) is 1.48. The Morgan fingerprint density at radius 3 is 2.04 bits per heavy atom. The maximum Gasteiger partial charge on any atom is 0.161 e. The normalized spacial score (nSPS) is 10.8. The van der Waals surface area contributed by atoms with Gasteiger partial charge in [-0.2, -0.15) is 5.26 Å². The van der Waals surface area contributed by atoms with E-state index in [1.165, 1.54) is 6.08 Å². The fourth-order valence-corrected chi connectivity index (χ4v) is 2.28. The van der Waals surface area contributed by atoms with E-state index in [1.807, 2.05) is 18.2 Å². The van der Waals surface area contributed by atoms with E-state index in [4.69, 9.17) is 25.2 Å². The quantitative estimate of drug-likeness (QED) is 0.677. The number of nitrogens with zero attached hydrogens (tertiary/aromatic N) is 1. The molecule has 0 fully saturated rings. The van der Waals surface area contributed by atoms with Gasteiger partial charge in [0.05, 0.1) is 33.1 Å². The van der Waals surface area contributed by atoms with Crippen molar-refractivity contribution in [2.75, 3.05) is 27.1 Å². The molecule has 0 aliphatic heterocycles. The summed E-state index contributed by atoms with van der Waals surface area (Å²) in [6, 6.07) is 13.0. The minimum Gasteiger partial charge on any atom is -0.495 e. The monoisotopic (exact) mass is 310 g/mol. The van der Waals surface area contributed by atoms with Gasteiger partial charge < -0.3 is 19.9 Å². The number of benzene rings is 2. The van der Waals surface area contributed by atoms with Gasteiger partial charge >= 0.3 is 0 Å². The van der Waals surface area contributed by atoms with E-state index in [0.29, 0.717) is 22.9 Å². The predicted octanol–water partition coefficient (Wildman–Crippen LogP) is 3.25. The van der Waals surface area contributed by atoms with E-state index in [0.717, 1.165) is 16.7 Å². The van der Waals surface area contributed by atoms with Crippen LogP contribution in [0.4, 0.5) is 5.69 Å². The van der Waals surface area contributed by atoms with E-state index < -0.39 is 0 Å². The van der Waals surface area contributed by atoms with Gasteiger partial charge in [0.15, 0.2) is 11.5 Å². The number of nitrogens with two attached hydrogens (primary N) is 1. The SMILES string of the molecule is COc1cc(/C(=C/C#N)c2ccc(OC)c(OC)c2)ccc1N. The van der Waals surface area contributed by atoms with Crippen LogP contribution in [-0.2, 0) is 0 Å². The Hall–Kier alpha value is -3.13. The van der Waals surface area contributed by atoms with Crippen LogP contribution in [-0.4, -0.2) is 21.3 Å².